The second kappa shape index (κ2) is 6.31. The van der Waals surface area contributed by atoms with Gasteiger partial charge in [-0.2, -0.15) is 0 Å². The van der Waals surface area contributed by atoms with Crippen LogP contribution in [0, 0.1) is 0 Å². The van der Waals surface area contributed by atoms with Crippen LogP contribution >= 0.6 is 5.51 Å². The van der Waals surface area contributed by atoms with Gasteiger partial charge >= 0.3 is 148 Å². The summed E-state index contributed by atoms with van der Waals surface area (Å²) in [6, 6.07) is 10.4. The molecule has 0 saturated heterocycles. The quantitative estimate of drug-likeness (QED) is 0.573. The first-order valence-corrected chi connectivity index (χ1v) is 12.1. The maximum absolute atomic E-state index is 4.70. The van der Waals surface area contributed by atoms with Gasteiger partial charge in [-0.05, 0) is 0 Å². The summed E-state index contributed by atoms with van der Waals surface area (Å²) in [6.45, 7) is 17.0. The fourth-order valence-electron chi connectivity index (χ4n) is 3.23. The third-order valence-electron chi connectivity index (χ3n) is 4.25. The van der Waals surface area contributed by atoms with Crippen molar-refractivity contribution in [2.75, 3.05) is 0 Å². The van der Waals surface area contributed by atoms with E-state index in [1.165, 1.54) is 0 Å². The van der Waals surface area contributed by atoms with Crippen molar-refractivity contribution in [3.8, 4) is 11.4 Å². The zero-order chi connectivity index (χ0) is 17.5. The Labute approximate surface area is 148 Å². The number of nitrogens with zero attached hydrogens (tertiary/aromatic N) is 3. The Balaban J connectivity index is 2.74. The normalized spacial score (nSPS) is 13.3. The maximum atomic E-state index is 4.70. The molecule has 0 aliphatic carbocycles. The Kier molecular flexibility index (Phi) is 5.12. The van der Waals surface area contributed by atoms with Crippen LogP contribution in [0.2, 0.25) is 0 Å². The minimum absolute atomic E-state index is 0.124. The molecule has 1 aromatic carbocycles. The standard InChI is InChI=1S/C18H28N3PSe/c1-8-21-15(14-12-10-9-11-13-14)19-20-16(21)22(23,17(2,3)4)18(5,6)7/h9-13H,8H2,1-7H3. The average molecular weight is 396 g/mol. The van der Waals surface area contributed by atoms with Crippen molar-refractivity contribution in [2.24, 2.45) is 0 Å². The summed E-state index contributed by atoms with van der Waals surface area (Å²) in [5.41, 5.74) is 0.586. The van der Waals surface area contributed by atoms with Crippen LogP contribution in [0.25, 0.3) is 11.4 Å². The van der Waals surface area contributed by atoms with Gasteiger partial charge in [0.2, 0.25) is 0 Å². The molecule has 0 fully saturated rings. The molecule has 1 heterocycles. The molecular weight excluding hydrogens is 368 g/mol. The fraction of sp³-hybridized carbons (Fsp3) is 0.556. The van der Waals surface area contributed by atoms with E-state index in [-0.39, 0.29) is 10.3 Å². The van der Waals surface area contributed by atoms with Crippen LogP contribution < -0.4 is 5.57 Å². The van der Waals surface area contributed by atoms with E-state index in [4.69, 9.17) is 5.10 Å². The molecule has 3 nitrogen and oxygen atoms in total. The summed E-state index contributed by atoms with van der Waals surface area (Å²) in [5.74, 6) is 0.969. The molecule has 0 unspecified atom stereocenters. The van der Waals surface area contributed by atoms with Crippen LogP contribution in [0.1, 0.15) is 48.5 Å². The van der Waals surface area contributed by atoms with E-state index in [0.29, 0.717) is 0 Å². The van der Waals surface area contributed by atoms with Crippen molar-refractivity contribution < 1.29 is 0 Å². The van der Waals surface area contributed by atoms with E-state index in [0.717, 1.165) is 23.5 Å². The van der Waals surface area contributed by atoms with Crippen LogP contribution in [-0.4, -0.2) is 40.2 Å². The number of hydrogen-bond acceptors (Lipinski definition) is 2. The second-order valence-corrected chi connectivity index (χ2v) is 15.6. The van der Waals surface area contributed by atoms with Crippen molar-refractivity contribution in [1.29, 1.82) is 0 Å². The molecule has 0 spiro atoms. The zero-order valence-electron chi connectivity index (χ0n) is 15.3. The number of aromatic nitrogens is 3. The Morgan fingerprint density at radius 1 is 0.957 bits per heavy atom. The molecular formula is C18H28N3PSe. The Morgan fingerprint density at radius 2 is 1.48 bits per heavy atom. The summed E-state index contributed by atoms with van der Waals surface area (Å²) in [4.78, 5) is 0. The molecule has 126 valence electrons. The minimum atomic E-state index is -1.68. The van der Waals surface area contributed by atoms with Gasteiger partial charge in [0.1, 0.15) is 0 Å². The number of rotatable bonds is 3. The van der Waals surface area contributed by atoms with Crippen LogP contribution in [0.5, 0.6) is 0 Å². The molecule has 0 aliphatic heterocycles. The Morgan fingerprint density at radius 3 is 1.91 bits per heavy atom. The van der Waals surface area contributed by atoms with E-state index in [1.807, 2.05) is 6.07 Å². The van der Waals surface area contributed by atoms with E-state index >= 15 is 0 Å². The van der Waals surface area contributed by atoms with Gasteiger partial charge in [-0.3, -0.25) is 0 Å². The predicted octanol–water partition coefficient (Wildman–Crippen LogP) is 4.29. The third kappa shape index (κ3) is 3.14. The topological polar surface area (TPSA) is 30.7 Å². The molecule has 0 saturated carbocycles. The zero-order valence-corrected chi connectivity index (χ0v) is 17.9. The summed E-state index contributed by atoms with van der Waals surface area (Å²) < 4.78 is 2.30. The summed E-state index contributed by atoms with van der Waals surface area (Å²) in [7, 11) is 0. The monoisotopic (exact) mass is 397 g/mol. The van der Waals surface area contributed by atoms with Gasteiger partial charge in [-0.15, -0.1) is 0 Å². The van der Waals surface area contributed by atoms with E-state index in [9.17, 15) is 0 Å². The van der Waals surface area contributed by atoms with Crippen LogP contribution in [0.3, 0.4) is 0 Å². The van der Waals surface area contributed by atoms with Gasteiger partial charge in [0.05, 0.1) is 0 Å². The van der Waals surface area contributed by atoms with Crippen LogP contribution in [-0.2, 0) is 6.54 Å². The average Bonchev–Trinajstić information content (AvgIpc) is 2.88. The molecule has 0 aliphatic rings. The van der Waals surface area contributed by atoms with Crippen molar-refractivity contribution >= 4 is 26.2 Å². The molecule has 0 bridgehead atoms. The van der Waals surface area contributed by atoms with E-state index < -0.39 is 5.51 Å². The first-order valence-electron chi connectivity index (χ1n) is 8.13. The van der Waals surface area contributed by atoms with Crippen LogP contribution in [0.15, 0.2) is 30.3 Å². The summed E-state index contributed by atoms with van der Waals surface area (Å²) in [5, 5.41) is 9.52. The third-order valence-corrected chi connectivity index (χ3v) is 16.8. The fourth-order valence-corrected chi connectivity index (χ4v) is 8.04. The molecule has 1 aromatic heterocycles. The number of benzene rings is 1. The van der Waals surface area contributed by atoms with E-state index in [1.54, 1.807) is 0 Å². The molecule has 5 heteroatoms. The van der Waals surface area contributed by atoms with Crippen molar-refractivity contribution in [2.45, 2.75) is 65.3 Å². The van der Waals surface area contributed by atoms with E-state index in [2.05, 4.69) is 97.5 Å². The summed E-state index contributed by atoms with van der Waals surface area (Å²) >= 11 is 3.61. The molecule has 0 N–H and O–H groups in total. The van der Waals surface area contributed by atoms with Crippen LogP contribution in [0.4, 0.5) is 0 Å². The van der Waals surface area contributed by atoms with Gasteiger partial charge in [-0.25, -0.2) is 0 Å². The van der Waals surface area contributed by atoms with Gasteiger partial charge in [0.15, 0.2) is 0 Å². The summed E-state index contributed by atoms with van der Waals surface area (Å²) in [6.07, 6.45) is 0. The van der Waals surface area contributed by atoms with Gasteiger partial charge in [-0.1, -0.05) is 0 Å². The van der Waals surface area contributed by atoms with Crippen molar-refractivity contribution in [3.63, 3.8) is 0 Å². The Hall–Kier alpha value is -0.691. The first kappa shape index (κ1) is 18.6. The van der Waals surface area contributed by atoms with Crippen molar-refractivity contribution in [1.82, 2.24) is 14.8 Å². The predicted molar refractivity (Wildman–Crippen MR) is 103 cm³/mol. The molecule has 0 radical (unpaired) electrons. The molecule has 2 aromatic rings. The molecule has 0 atom stereocenters. The SMILES string of the molecule is CCn1c(-c2ccccc2)nnc1P(=[Se])(C(C)(C)C)C(C)(C)C. The van der Waals surface area contributed by atoms with Gasteiger partial charge < -0.3 is 0 Å². The van der Waals surface area contributed by atoms with Gasteiger partial charge in [0.25, 0.3) is 0 Å². The van der Waals surface area contributed by atoms with Crippen molar-refractivity contribution in [3.05, 3.63) is 30.3 Å². The molecule has 23 heavy (non-hydrogen) atoms. The Bertz CT molecular complexity index is 703. The molecule has 2 rings (SSSR count). The second-order valence-electron chi connectivity index (χ2n) is 7.88. The molecule has 0 amide bonds. The number of hydrogen-bond donors (Lipinski definition) is 0. The van der Waals surface area contributed by atoms with Gasteiger partial charge in [0, 0.05) is 0 Å². The first-order chi connectivity index (χ1) is 10.5.